The number of hydrogen-bond donors (Lipinski definition) is 1. The van der Waals surface area contributed by atoms with E-state index in [9.17, 15) is 14.0 Å². The molecule has 0 saturated carbocycles. The Morgan fingerprint density at radius 2 is 1.61 bits per heavy atom. The number of carbonyl (C=O) groups is 2. The average Bonchev–Trinajstić information content (AvgIpc) is 2.76. The van der Waals surface area contributed by atoms with Crippen LogP contribution in [0.25, 0.3) is 0 Å². The number of nitrogens with zero attached hydrogens (tertiary/aromatic N) is 1. The Morgan fingerprint density at radius 1 is 1.00 bits per heavy atom. The Kier molecular flexibility index (Phi) is 10.0. The van der Waals surface area contributed by atoms with Gasteiger partial charge < -0.3 is 10.2 Å². The van der Waals surface area contributed by atoms with Gasteiger partial charge in [-0.3, -0.25) is 9.59 Å². The minimum Gasteiger partial charge on any atom is -0.352 e. The predicted molar refractivity (Wildman–Crippen MR) is 126 cm³/mol. The summed E-state index contributed by atoms with van der Waals surface area (Å²) >= 11 is 1.47. The standard InChI is InChI=1S/C25H33FN2O2S/c1-5-19(4)27-25(30)23(6-2)28(15-20-9-7-18(3)8-10-20)24(29)17-31-16-21-11-13-22(26)14-12-21/h7-14,19,23H,5-6,15-17H2,1-4H3,(H,27,30)/t19-,23+/m1/s1. The van der Waals surface area contributed by atoms with Crippen LogP contribution >= 0.6 is 11.8 Å². The number of thioether (sulfide) groups is 1. The second-order valence-corrected chi connectivity index (χ2v) is 8.85. The molecule has 0 spiro atoms. The maximum atomic E-state index is 13.2. The molecule has 0 unspecified atom stereocenters. The van der Waals surface area contributed by atoms with Crippen molar-refractivity contribution in [3.05, 3.63) is 71.0 Å². The van der Waals surface area contributed by atoms with Gasteiger partial charge in [-0.15, -0.1) is 11.8 Å². The molecule has 0 heterocycles. The van der Waals surface area contributed by atoms with E-state index in [0.717, 1.165) is 23.1 Å². The summed E-state index contributed by atoms with van der Waals surface area (Å²) in [6, 6.07) is 13.9. The largest absolute Gasteiger partial charge is 0.352 e. The summed E-state index contributed by atoms with van der Waals surface area (Å²) in [7, 11) is 0. The van der Waals surface area contributed by atoms with Gasteiger partial charge in [0.05, 0.1) is 5.75 Å². The predicted octanol–water partition coefficient (Wildman–Crippen LogP) is 5.09. The van der Waals surface area contributed by atoms with E-state index in [1.54, 1.807) is 17.0 Å². The first kappa shape index (κ1) is 24.9. The summed E-state index contributed by atoms with van der Waals surface area (Å²) in [6.07, 6.45) is 1.38. The highest BCUT2D eigenvalue weighted by atomic mass is 32.2. The van der Waals surface area contributed by atoms with E-state index in [0.29, 0.717) is 18.7 Å². The van der Waals surface area contributed by atoms with Crippen molar-refractivity contribution in [3.8, 4) is 0 Å². The number of aryl methyl sites for hydroxylation is 1. The van der Waals surface area contributed by atoms with Crippen LogP contribution in [0, 0.1) is 12.7 Å². The van der Waals surface area contributed by atoms with Crippen molar-refractivity contribution in [2.24, 2.45) is 0 Å². The molecule has 0 bridgehead atoms. The van der Waals surface area contributed by atoms with Gasteiger partial charge in [-0.05, 0) is 49.9 Å². The third-order valence-electron chi connectivity index (χ3n) is 5.27. The highest BCUT2D eigenvalue weighted by Crippen LogP contribution is 2.18. The van der Waals surface area contributed by atoms with Crippen LogP contribution < -0.4 is 5.32 Å². The Hall–Kier alpha value is -2.34. The first-order valence-electron chi connectivity index (χ1n) is 10.8. The fourth-order valence-corrected chi connectivity index (χ4v) is 4.04. The third kappa shape index (κ3) is 8.02. The van der Waals surface area contributed by atoms with E-state index >= 15 is 0 Å². The number of benzene rings is 2. The van der Waals surface area contributed by atoms with Crippen LogP contribution in [-0.2, 0) is 21.9 Å². The Morgan fingerprint density at radius 3 is 2.19 bits per heavy atom. The molecule has 0 radical (unpaired) electrons. The summed E-state index contributed by atoms with van der Waals surface area (Å²) in [5.41, 5.74) is 3.11. The van der Waals surface area contributed by atoms with Gasteiger partial charge in [0.2, 0.25) is 11.8 Å². The number of rotatable bonds is 11. The zero-order chi connectivity index (χ0) is 22.8. The van der Waals surface area contributed by atoms with E-state index in [2.05, 4.69) is 5.32 Å². The lowest BCUT2D eigenvalue weighted by molar-refractivity contribution is -0.139. The minimum absolute atomic E-state index is 0.0609. The average molecular weight is 445 g/mol. The molecule has 2 aromatic rings. The number of nitrogens with one attached hydrogen (secondary N) is 1. The van der Waals surface area contributed by atoms with Crippen LogP contribution in [0.15, 0.2) is 48.5 Å². The molecule has 168 valence electrons. The maximum absolute atomic E-state index is 13.2. The van der Waals surface area contributed by atoms with Gasteiger partial charge >= 0.3 is 0 Å². The second kappa shape index (κ2) is 12.5. The molecule has 0 fully saturated rings. The quantitative estimate of drug-likeness (QED) is 0.525. The molecule has 4 nitrogen and oxygen atoms in total. The Balaban J connectivity index is 2.12. The second-order valence-electron chi connectivity index (χ2n) is 7.87. The molecule has 1 N–H and O–H groups in total. The first-order valence-corrected chi connectivity index (χ1v) is 12.0. The molecule has 2 amide bonds. The number of amides is 2. The number of halogens is 1. The SMILES string of the molecule is CC[C@@H](C)NC(=O)[C@H](CC)N(Cc1ccc(C)cc1)C(=O)CSCc1ccc(F)cc1. The molecule has 0 aromatic heterocycles. The molecule has 6 heteroatoms. The van der Waals surface area contributed by atoms with Crippen molar-refractivity contribution in [1.29, 1.82) is 0 Å². The van der Waals surface area contributed by atoms with Crippen molar-refractivity contribution in [2.75, 3.05) is 5.75 Å². The monoisotopic (exact) mass is 444 g/mol. The van der Waals surface area contributed by atoms with Crippen molar-refractivity contribution in [3.63, 3.8) is 0 Å². The van der Waals surface area contributed by atoms with E-state index in [4.69, 9.17) is 0 Å². The van der Waals surface area contributed by atoms with Gasteiger partial charge in [-0.25, -0.2) is 4.39 Å². The van der Waals surface area contributed by atoms with E-state index < -0.39 is 6.04 Å². The van der Waals surface area contributed by atoms with Crippen molar-refractivity contribution in [1.82, 2.24) is 10.2 Å². The van der Waals surface area contributed by atoms with Crippen molar-refractivity contribution >= 4 is 23.6 Å². The highest BCUT2D eigenvalue weighted by molar-refractivity contribution is 7.99. The molecule has 2 aromatic carbocycles. The van der Waals surface area contributed by atoms with E-state index in [-0.39, 0.29) is 29.4 Å². The molecular weight excluding hydrogens is 411 g/mol. The van der Waals surface area contributed by atoms with Gasteiger partial charge in [0.25, 0.3) is 0 Å². The normalized spacial score (nSPS) is 12.8. The van der Waals surface area contributed by atoms with Crippen molar-refractivity contribution in [2.45, 2.75) is 64.9 Å². The smallest absolute Gasteiger partial charge is 0.243 e. The summed E-state index contributed by atoms with van der Waals surface area (Å²) in [4.78, 5) is 27.8. The van der Waals surface area contributed by atoms with E-state index in [1.165, 1.54) is 23.9 Å². The lowest BCUT2D eigenvalue weighted by Crippen LogP contribution is -2.51. The zero-order valence-corrected chi connectivity index (χ0v) is 19.7. The Labute approximate surface area is 189 Å². The van der Waals surface area contributed by atoms with E-state index in [1.807, 2.05) is 52.0 Å². The Bertz CT molecular complexity index is 840. The lowest BCUT2D eigenvalue weighted by atomic mass is 10.1. The van der Waals surface area contributed by atoms with Gasteiger partial charge in [0.1, 0.15) is 11.9 Å². The first-order chi connectivity index (χ1) is 14.8. The van der Waals surface area contributed by atoms with Gasteiger partial charge in [0, 0.05) is 18.3 Å². The van der Waals surface area contributed by atoms with Gasteiger partial charge in [0.15, 0.2) is 0 Å². The molecule has 2 rings (SSSR count). The summed E-state index contributed by atoms with van der Waals surface area (Å²) in [6.45, 7) is 8.33. The van der Waals surface area contributed by atoms with Crippen LogP contribution in [0.1, 0.15) is 50.3 Å². The molecule has 0 aliphatic heterocycles. The topological polar surface area (TPSA) is 49.4 Å². The summed E-state index contributed by atoms with van der Waals surface area (Å²) in [5, 5.41) is 3.02. The number of carbonyl (C=O) groups excluding carboxylic acids is 2. The van der Waals surface area contributed by atoms with Crippen molar-refractivity contribution < 1.29 is 14.0 Å². The van der Waals surface area contributed by atoms with Gasteiger partial charge in [-0.1, -0.05) is 55.8 Å². The van der Waals surface area contributed by atoms with Crippen LogP contribution in [0.5, 0.6) is 0 Å². The van der Waals surface area contributed by atoms with Crippen LogP contribution in [0.2, 0.25) is 0 Å². The molecule has 0 saturated heterocycles. The molecular formula is C25H33FN2O2S. The van der Waals surface area contributed by atoms with Gasteiger partial charge in [-0.2, -0.15) is 0 Å². The van der Waals surface area contributed by atoms with Crippen LogP contribution in [-0.4, -0.2) is 34.6 Å². The molecule has 0 aliphatic carbocycles. The number of hydrogen-bond acceptors (Lipinski definition) is 3. The molecule has 2 atom stereocenters. The lowest BCUT2D eigenvalue weighted by Gasteiger charge is -2.31. The summed E-state index contributed by atoms with van der Waals surface area (Å²) in [5.74, 6) is 0.420. The fraction of sp³-hybridized carbons (Fsp3) is 0.440. The third-order valence-corrected chi connectivity index (χ3v) is 6.26. The highest BCUT2D eigenvalue weighted by Gasteiger charge is 2.29. The zero-order valence-electron chi connectivity index (χ0n) is 18.9. The van der Waals surface area contributed by atoms with Crippen LogP contribution in [0.4, 0.5) is 4.39 Å². The fourth-order valence-electron chi connectivity index (χ4n) is 3.17. The molecule has 0 aliphatic rings. The molecule has 31 heavy (non-hydrogen) atoms. The summed E-state index contributed by atoms with van der Waals surface area (Å²) < 4.78 is 13.1. The minimum atomic E-state index is -0.519. The van der Waals surface area contributed by atoms with Crippen LogP contribution in [0.3, 0.4) is 0 Å². The maximum Gasteiger partial charge on any atom is 0.243 e.